The van der Waals surface area contributed by atoms with Gasteiger partial charge in [0.15, 0.2) is 0 Å². The summed E-state index contributed by atoms with van der Waals surface area (Å²) in [7, 11) is 1.70. The lowest BCUT2D eigenvalue weighted by Crippen LogP contribution is -2.33. The van der Waals surface area contributed by atoms with Crippen molar-refractivity contribution in [2.45, 2.75) is 45.1 Å². The number of alkyl halides is 2. The Bertz CT molecular complexity index is 1280. The average molecular weight is 458 g/mol. The van der Waals surface area contributed by atoms with Crippen LogP contribution >= 0.6 is 0 Å². The summed E-state index contributed by atoms with van der Waals surface area (Å²) in [6.07, 6.45) is 0. The Balaban J connectivity index is 1.79. The monoisotopic (exact) mass is 458 g/mol. The number of aromatic nitrogens is 2. The first kappa shape index (κ1) is 23.0. The molecule has 3 aromatic rings. The highest BCUT2D eigenvalue weighted by molar-refractivity contribution is 6.10. The third-order valence-corrected chi connectivity index (χ3v) is 6.24. The van der Waals surface area contributed by atoms with E-state index in [0.717, 1.165) is 17.3 Å². The Labute approximate surface area is 189 Å². The SMILES string of the molecule is Cc1nc(NC(C)c2cccc(C(F)(F)CO)c2F)c2cc3c(cc2n1)C(C)(C)C(=O)N3C. The summed E-state index contributed by atoms with van der Waals surface area (Å²) in [6.45, 7) is 5.58. The highest BCUT2D eigenvalue weighted by atomic mass is 19.3. The van der Waals surface area contributed by atoms with Crippen LogP contribution in [-0.2, 0) is 16.1 Å². The molecular formula is C24H25F3N4O2. The number of benzene rings is 2. The second-order valence-electron chi connectivity index (χ2n) is 8.93. The Kier molecular flexibility index (Phi) is 5.35. The molecule has 1 amide bonds. The van der Waals surface area contributed by atoms with E-state index >= 15 is 0 Å². The minimum atomic E-state index is -3.69. The molecule has 1 aromatic heterocycles. The molecule has 9 heteroatoms. The van der Waals surface area contributed by atoms with Crippen LogP contribution in [0.4, 0.5) is 24.7 Å². The number of nitrogens with one attached hydrogen (secondary N) is 1. The van der Waals surface area contributed by atoms with Crippen LogP contribution in [0.15, 0.2) is 30.3 Å². The number of amides is 1. The fourth-order valence-electron chi connectivity index (χ4n) is 4.35. The first-order valence-corrected chi connectivity index (χ1v) is 10.5. The molecule has 0 spiro atoms. The summed E-state index contributed by atoms with van der Waals surface area (Å²) in [5.74, 6) is -3.95. The number of rotatable bonds is 5. The van der Waals surface area contributed by atoms with E-state index in [0.29, 0.717) is 22.5 Å². The van der Waals surface area contributed by atoms with Gasteiger partial charge in [0.05, 0.1) is 22.5 Å². The van der Waals surface area contributed by atoms with Gasteiger partial charge in [0.25, 0.3) is 5.92 Å². The van der Waals surface area contributed by atoms with E-state index < -0.39 is 35.4 Å². The van der Waals surface area contributed by atoms with Crippen molar-refractivity contribution in [3.63, 3.8) is 0 Å². The average Bonchev–Trinajstić information content (AvgIpc) is 2.92. The van der Waals surface area contributed by atoms with Crippen LogP contribution in [0.1, 0.15) is 49.3 Å². The number of carbonyl (C=O) groups is 1. The van der Waals surface area contributed by atoms with E-state index in [2.05, 4.69) is 15.3 Å². The standard InChI is InChI=1S/C24H25F3N4O2/c1-12(14-7-6-8-16(20(14)25)24(26,27)11-32)28-21-15-9-19-17(10-18(15)29-13(2)30-21)23(3,4)22(33)31(19)5/h6-10,12,32H,11H2,1-5H3,(H,28,29,30). The zero-order valence-corrected chi connectivity index (χ0v) is 19.0. The molecule has 1 aliphatic rings. The number of nitrogens with zero attached hydrogens (tertiary/aromatic N) is 3. The number of halogens is 3. The third-order valence-electron chi connectivity index (χ3n) is 6.24. The number of carbonyl (C=O) groups excluding carboxylic acids is 1. The van der Waals surface area contributed by atoms with E-state index in [1.165, 1.54) is 12.1 Å². The molecule has 0 saturated heterocycles. The molecule has 174 valence electrons. The van der Waals surface area contributed by atoms with Crippen LogP contribution < -0.4 is 10.2 Å². The van der Waals surface area contributed by atoms with Crippen LogP contribution in [0.25, 0.3) is 10.9 Å². The van der Waals surface area contributed by atoms with E-state index in [1.807, 2.05) is 26.0 Å². The van der Waals surface area contributed by atoms with Crippen molar-refractivity contribution >= 4 is 28.3 Å². The van der Waals surface area contributed by atoms with Gasteiger partial charge in [0.2, 0.25) is 5.91 Å². The van der Waals surface area contributed by atoms with Crippen molar-refractivity contribution < 1.29 is 23.1 Å². The first-order chi connectivity index (χ1) is 15.4. The number of hydrogen-bond donors (Lipinski definition) is 2. The second kappa shape index (κ2) is 7.69. The fraction of sp³-hybridized carbons (Fsp3) is 0.375. The van der Waals surface area contributed by atoms with Gasteiger partial charge >= 0.3 is 0 Å². The van der Waals surface area contributed by atoms with Gasteiger partial charge in [-0.05, 0) is 51.5 Å². The van der Waals surface area contributed by atoms with Gasteiger partial charge < -0.3 is 15.3 Å². The predicted octanol–water partition coefficient (Wildman–Crippen LogP) is 4.59. The summed E-state index contributed by atoms with van der Waals surface area (Å²) in [6, 6.07) is 6.66. The maximum Gasteiger partial charge on any atom is 0.298 e. The van der Waals surface area contributed by atoms with Crippen molar-refractivity contribution in [3.05, 3.63) is 58.7 Å². The number of likely N-dealkylation sites (N-methyl/N-ethyl adjacent to an activating group) is 1. The molecule has 0 radical (unpaired) electrons. The largest absolute Gasteiger partial charge is 0.390 e. The molecule has 6 nitrogen and oxygen atoms in total. The summed E-state index contributed by atoms with van der Waals surface area (Å²) in [5.41, 5.74) is 0.660. The summed E-state index contributed by atoms with van der Waals surface area (Å²) in [5, 5.41) is 12.7. The van der Waals surface area contributed by atoms with Crippen molar-refractivity contribution in [1.82, 2.24) is 9.97 Å². The molecule has 0 aliphatic carbocycles. The molecule has 0 saturated carbocycles. The molecule has 2 aromatic carbocycles. The lowest BCUT2D eigenvalue weighted by atomic mass is 9.85. The van der Waals surface area contributed by atoms with Crippen molar-refractivity contribution in [1.29, 1.82) is 0 Å². The Hall–Kier alpha value is -3.20. The van der Waals surface area contributed by atoms with Crippen LogP contribution in [0.5, 0.6) is 0 Å². The fourth-order valence-corrected chi connectivity index (χ4v) is 4.35. The molecule has 4 rings (SSSR count). The molecule has 0 fully saturated rings. The number of aryl methyl sites for hydroxylation is 1. The smallest absolute Gasteiger partial charge is 0.298 e. The van der Waals surface area contributed by atoms with Gasteiger partial charge in [-0.15, -0.1) is 0 Å². The molecule has 33 heavy (non-hydrogen) atoms. The zero-order valence-electron chi connectivity index (χ0n) is 19.0. The number of anilines is 2. The van der Waals surface area contributed by atoms with Crippen LogP contribution in [-0.4, -0.2) is 34.6 Å². The molecule has 2 N–H and O–H groups in total. The molecule has 1 atom stereocenters. The van der Waals surface area contributed by atoms with Gasteiger partial charge in [-0.25, -0.2) is 14.4 Å². The molecule has 2 heterocycles. The highest BCUT2D eigenvalue weighted by Gasteiger charge is 2.42. The molecule has 0 bridgehead atoms. The van der Waals surface area contributed by atoms with E-state index in [9.17, 15) is 18.0 Å². The quantitative estimate of drug-likeness (QED) is 0.585. The predicted molar refractivity (Wildman–Crippen MR) is 120 cm³/mol. The van der Waals surface area contributed by atoms with Crippen LogP contribution in [0.2, 0.25) is 0 Å². The van der Waals surface area contributed by atoms with Crippen LogP contribution in [0, 0.1) is 12.7 Å². The topological polar surface area (TPSA) is 78.4 Å². The van der Waals surface area contributed by atoms with E-state index in [4.69, 9.17) is 5.11 Å². The Morgan fingerprint density at radius 3 is 2.61 bits per heavy atom. The maximum absolute atomic E-state index is 15.0. The van der Waals surface area contributed by atoms with Crippen LogP contribution in [0.3, 0.4) is 0 Å². The van der Waals surface area contributed by atoms with Crippen molar-refractivity contribution in [2.24, 2.45) is 0 Å². The number of aliphatic hydroxyl groups is 1. The normalized spacial score (nSPS) is 16.3. The van der Waals surface area contributed by atoms with E-state index in [-0.39, 0.29) is 11.5 Å². The van der Waals surface area contributed by atoms with Gasteiger partial charge in [-0.1, -0.05) is 12.1 Å². The Morgan fingerprint density at radius 1 is 1.24 bits per heavy atom. The minimum Gasteiger partial charge on any atom is -0.390 e. The van der Waals surface area contributed by atoms with E-state index in [1.54, 1.807) is 25.8 Å². The summed E-state index contributed by atoms with van der Waals surface area (Å²) in [4.78, 5) is 23.2. The van der Waals surface area contributed by atoms with Gasteiger partial charge in [0.1, 0.15) is 24.1 Å². The number of hydrogen-bond acceptors (Lipinski definition) is 5. The third kappa shape index (κ3) is 3.60. The number of fused-ring (bicyclic) bond motifs is 2. The molecular weight excluding hydrogens is 433 g/mol. The van der Waals surface area contributed by atoms with Crippen molar-refractivity contribution in [2.75, 3.05) is 23.9 Å². The summed E-state index contributed by atoms with van der Waals surface area (Å²) < 4.78 is 42.9. The summed E-state index contributed by atoms with van der Waals surface area (Å²) >= 11 is 0. The Morgan fingerprint density at radius 2 is 1.94 bits per heavy atom. The lowest BCUT2D eigenvalue weighted by Gasteiger charge is -2.21. The number of aliphatic hydroxyl groups excluding tert-OH is 1. The van der Waals surface area contributed by atoms with Gasteiger partial charge in [-0.3, -0.25) is 4.79 Å². The van der Waals surface area contributed by atoms with Crippen molar-refractivity contribution in [3.8, 4) is 0 Å². The second-order valence-corrected chi connectivity index (χ2v) is 8.93. The van der Waals surface area contributed by atoms with Gasteiger partial charge in [0, 0.05) is 23.7 Å². The molecule has 1 unspecified atom stereocenters. The maximum atomic E-state index is 15.0. The zero-order chi connectivity index (χ0) is 24.3. The first-order valence-electron chi connectivity index (χ1n) is 10.5. The lowest BCUT2D eigenvalue weighted by molar-refractivity contribution is -0.121. The highest BCUT2D eigenvalue weighted by Crippen LogP contribution is 2.43. The van der Waals surface area contributed by atoms with Gasteiger partial charge in [-0.2, -0.15) is 8.78 Å². The minimum absolute atomic E-state index is 0.0135. The molecule has 1 aliphatic heterocycles.